The lowest BCUT2D eigenvalue weighted by molar-refractivity contribution is 0.459. The van der Waals surface area contributed by atoms with Crippen LogP contribution in [0.5, 0.6) is 0 Å². The fourth-order valence-electron chi connectivity index (χ4n) is 2.14. The third-order valence-corrected chi connectivity index (χ3v) is 3.86. The number of para-hydroxylation sites is 2. The minimum Gasteiger partial charge on any atom is -0.439 e. The highest BCUT2D eigenvalue weighted by Crippen LogP contribution is 2.21. The van der Waals surface area contributed by atoms with E-state index in [1.807, 2.05) is 42.5 Å². The summed E-state index contributed by atoms with van der Waals surface area (Å²) >= 11 is 10.1. The average Bonchev–Trinajstić information content (AvgIpc) is 3.05. The maximum atomic E-state index is 6.15. The first-order chi connectivity index (χ1) is 11.2. The number of hydrogen-bond donors (Lipinski definition) is 1. The Bertz CT molecular complexity index is 665. The molecule has 122 valence electrons. The van der Waals surface area contributed by atoms with Crippen LogP contribution in [-0.2, 0) is 6.42 Å². The van der Waals surface area contributed by atoms with E-state index in [0.29, 0.717) is 17.7 Å². The van der Waals surface area contributed by atoms with Crippen molar-refractivity contribution in [3.8, 4) is 0 Å². The second-order valence-electron chi connectivity index (χ2n) is 5.03. The van der Waals surface area contributed by atoms with Crippen LogP contribution in [0.3, 0.4) is 0 Å². The summed E-state index contributed by atoms with van der Waals surface area (Å²) in [7, 11) is 0. The van der Waals surface area contributed by atoms with Gasteiger partial charge in [-0.1, -0.05) is 42.5 Å². The monoisotopic (exact) mass is 350 g/mol. The highest BCUT2D eigenvalue weighted by Gasteiger charge is 2.13. The Hall–Kier alpha value is -1.55. The predicted octanol–water partition coefficient (Wildman–Crippen LogP) is 4.92. The molecule has 0 amide bonds. The van der Waals surface area contributed by atoms with Gasteiger partial charge in [0.15, 0.2) is 5.58 Å². The van der Waals surface area contributed by atoms with Gasteiger partial charge < -0.3 is 10.2 Å². The van der Waals surface area contributed by atoms with Crippen LogP contribution in [-0.4, -0.2) is 16.7 Å². The minimum absolute atomic E-state index is 0.160. The molecule has 1 atom stereocenters. The third kappa shape index (κ3) is 5.54. The summed E-state index contributed by atoms with van der Waals surface area (Å²) in [5.41, 5.74) is 9.10. The van der Waals surface area contributed by atoms with Crippen molar-refractivity contribution < 1.29 is 4.42 Å². The number of benzene rings is 2. The molecule has 2 aromatic carbocycles. The van der Waals surface area contributed by atoms with Crippen molar-refractivity contribution >= 4 is 34.3 Å². The van der Waals surface area contributed by atoms with Gasteiger partial charge in [0.1, 0.15) is 5.52 Å². The molecule has 0 aliphatic carbocycles. The SMILES string of the molecule is ClCCCl.N[C@H](CCc1ccccc1)c1nc2ccccc2o1. The van der Waals surface area contributed by atoms with Crippen molar-refractivity contribution in [1.82, 2.24) is 4.98 Å². The summed E-state index contributed by atoms with van der Waals surface area (Å²) < 4.78 is 5.68. The summed E-state index contributed by atoms with van der Waals surface area (Å²) in [5.74, 6) is 1.74. The zero-order valence-corrected chi connectivity index (χ0v) is 14.3. The first-order valence-corrected chi connectivity index (χ1v) is 8.58. The molecule has 3 aromatic rings. The quantitative estimate of drug-likeness (QED) is 0.664. The van der Waals surface area contributed by atoms with E-state index in [2.05, 4.69) is 17.1 Å². The van der Waals surface area contributed by atoms with E-state index >= 15 is 0 Å². The first-order valence-electron chi connectivity index (χ1n) is 7.51. The molecule has 2 N–H and O–H groups in total. The molecule has 0 saturated heterocycles. The van der Waals surface area contributed by atoms with E-state index in [1.165, 1.54) is 5.56 Å². The predicted molar refractivity (Wildman–Crippen MR) is 97.1 cm³/mol. The van der Waals surface area contributed by atoms with Gasteiger partial charge in [-0.25, -0.2) is 4.98 Å². The summed E-state index contributed by atoms with van der Waals surface area (Å²) in [4.78, 5) is 4.43. The molecule has 0 spiro atoms. The summed E-state index contributed by atoms with van der Waals surface area (Å²) in [6.45, 7) is 0. The smallest absolute Gasteiger partial charge is 0.212 e. The van der Waals surface area contributed by atoms with Crippen LogP contribution < -0.4 is 5.73 Å². The molecule has 0 fully saturated rings. The maximum absolute atomic E-state index is 6.15. The molecule has 0 aliphatic rings. The Morgan fingerprint density at radius 2 is 1.61 bits per heavy atom. The number of rotatable bonds is 5. The highest BCUT2D eigenvalue weighted by molar-refractivity contribution is 6.25. The van der Waals surface area contributed by atoms with E-state index in [4.69, 9.17) is 33.4 Å². The number of halogens is 2. The van der Waals surface area contributed by atoms with E-state index in [0.717, 1.165) is 23.9 Å². The van der Waals surface area contributed by atoms with Gasteiger partial charge in [-0.2, -0.15) is 0 Å². The van der Waals surface area contributed by atoms with Crippen LogP contribution in [0.25, 0.3) is 11.1 Å². The molecule has 0 saturated carbocycles. The summed E-state index contributed by atoms with van der Waals surface area (Å²) in [5, 5.41) is 0. The Morgan fingerprint density at radius 3 is 2.26 bits per heavy atom. The number of nitrogens with zero attached hydrogens (tertiary/aromatic N) is 1. The number of aryl methyl sites for hydroxylation is 1. The van der Waals surface area contributed by atoms with Crippen LogP contribution in [0.1, 0.15) is 23.9 Å². The second kappa shape index (κ2) is 9.56. The van der Waals surface area contributed by atoms with Gasteiger partial charge in [-0.3, -0.25) is 0 Å². The van der Waals surface area contributed by atoms with Gasteiger partial charge in [0, 0.05) is 11.8 Å². The van der Waals surface area contributed by atoms with Crippen molar-refractivity contribution in [3.63, 3.8) is 0 Å². The van der Waals surface area contributed by atoms with E-state index in [-0.39, 0.29) is 6.04 Å². The number of hydrogen-bond acceptors (Lipinski definition) is 3. The topological polar surface area (TPSA) is 52.0 Å². The molecule has 3 rings (SSSR count). The zero-order chi connectivity index (χ0) is 16.5. The van der Waals surface area contributed by atoms with Gasteiger partial charge in [0.25, 0.3) is 0 Å². The Balaban J connectivity index is 0.000000433. The Labute approximate surface area is 146 Å². The van der Waals surface area contributed by atoms with Crippen LogP contribution in [0.15, 0.2) is 59.0 Å². The first kappa shape index (κ1) is 17.8. The molecule has 1 heterocycles. The number of aromatic nitrogens is 1. The largest absolute Gasteiger partial charge is 0.439 e. The normalized spacial score (nSPS) is 11.8. The Morgan fingerprint density at radius 1 is 0.957 bits per heavy atom. The van der Waals surface area contributed by atoms with E-state index in [9.17, 15) is 0 Å². The molecule has 3 nitrogen and oxygen atoms in total. The van der Waals surface area contributed by atoms with Crippen LogP contribution >= 0.6 is 23.2 Å². The molecule has 0 aliphatic heterocycles. The molecule has 23 heavy (non-hydrogen) atoms. The van der Waals surface area contributed by atoms with Crippen molar-refractivity contribution in [2.75, 3.05) is 11.8 Å². The average molecular weight is 351 g/mol. The van der Waals surface area contributed by atoms with Crippen molar-refractivity contribution in [2.45, 2.75) is 18.9 Å². The molecular formula is C18H20Cl2N2O. The fourth-order valence-corrected chi connectivity index (χ4v) is 2.14. The molecule has 0 unspecified atom stereocenters. The van der Waals surface area contributed by atoms with E-state index in [1.54, 1.807) is 0 Å². The van der Waals surface area contributed by atoms with Crippen molar-refractivity contribution in [1.29, 1.82) is 0 Å². The standard InChI is InChI=1S/C16H16N2O.C2H4Cl2/c17-13(11-10-12-6-2-1-3-7-12)16-18-14-8-4-5-9-15(14)19-16;3-1-2-4/h1-9,13H,10-11,17H2;1-2H2/t13-;/m1./s1. The van der Waals surface area contributed by atoms with Crippen LogP contribution in [0.4, 0.5) is 0 Å². The number of oxazole rings is 1. The van der Waals surface area contributed by atoms with Gasteiger partial charge in [0.05, 0.1) is 6.04 Å². The van der Waals surface area contributed by atoms with Crippen molar-refractivity contribution in [3.05, 3.63) is 66.1 Å². The minimum atomic E-state index is -0.160. The lowest BCUT2D eigenvalue weighted by Crippen LogP contribution is -2.11. The summed E-state index contributed by atoms with van der Waals surface area (Å²) in [6, 6.07) is 17.9. The lowest BCUT2D eigenvalue weighted by Gasteiger charge is -2.06. The van der Waals surface area contributed by atoms with Crippen molar-refractivity contribution in [2.24, 2.45) is 5.73 Å². The lowest BCUT2D eigenvalue weighted by atomic mass is 10.1. The number of nitrogens with two attached hydrogens (primary N) is 1. The molecule has 5 heteroatoms. The highest BCUT2D eigenvalue weighted by atomic mass is 35.5. The Kier molecular flexibility index (Phi) is 7.40. The summed E-state index contributed by atoms with van der Waals surface area (Å²) in [6.07, 6.45) is 1.76. The number of fused-ring (bicyclic) bond motifs is 1. The van der Waals surface area contributed by atoms with Gasteiger partial charge in [-0.15, -0.1) is 23.2 Å². The maximum Gasteiger partial charge on any atom is 0.212 e. The molecule has 0 bridgehead atoms. The number of alkyl halides is 2. The van der Waals surface area contributed by atoms with Crippen LogP contribution in [0, 0.1) is 0 Å². The fraction of sp³-hybridized carbons (Fsp3) is 0.278. The molecular weight excluding hydrogens is 331 g/mol. The van der Waals surface area contributed by atoms with Gasteiger partial charge in [-0.05, 0) is 30.5 Å². The van der Waals surface area contributed by atoms with Gasteiger partial charge >= 0.3 is 0 Å². The van der Waals surface area contributed by atoms with Crippen LogP contribution in [0.2, 0.25) is 0 Å². The third-order valence-electron chi connectivity index (χ3n) is 3.29. The van der Waals surface area contributed by atoms with Gasteiger partial charge in [0.2, 0.25) is 5.89 Å². The zero-order valence-electron chi connectivity index (χ0n) is 12.8. The second-order valence-corrected chi connectivity index (χ2v) is 5.78. The molecule has 0 radical (unpaired) electrons. The molecule has 1 aromatic heterocycles. The van der Waals surface area contributed by atoms with E-state index < -0.39 is 0 Å².